The maximum atomic E-state index is 11.0. The third-order valence-corrected chi connectivity index (χ3v) is 4.12. The molecule has 0 unspecified atom stereocenters. The Balaban J connectivity index is 2.18. The molecule has 0 saturated carbocycles. The summed E-state index contributed by atoms with van der Waals surface area (Å²) in [5, 5.41) is 4.14. The fourth-order valence-corrected chi connectivity index (χ4v) is 3.05. The van der Waals surface area contributed by atoms with Crippen LogP contribution in [0.4, 0.5) is 5.69 Å². The van der Waals surface area contributed by atoms with Crippen molar-refractivity contribution in [1.29, 1.82) is 0 Å². The summed E-state index contributed by atoms with van der Waals surface area (Å²) in [5.41, 5.74) is 1.76. The molecule has 0 fully saturated rings. The van der Waals surface area contributed by atoms with Gasteiger partial charge in [0.25, 0.3) is 0 Å². The van der Waals surface area contributed by atoms with Crippen LogP contribution in [-0.2, 0) is 11.2 Å². The van der Waals surface area contributed by atoms with Crippen molar-refractivity contribution in [2.45, 2.75) is 36.6 Å². The molecule has 0 aliphatic rings. The molecule has 110 valence electrons. The standard InChI is InChI=1S/C15H16ClN3OS/c1-3-4-13-14(16)17-9-18-15(13)21-12-7-5-11(6-8-12)19-10(2)20/h5-9H,3-4H2,1-2H3,(H,19,20). The van der Waals surface area contributed by atoms with E-state index in [-0.39, 0.29) is 5.91 Å². The molecule has 0 aliphatic carbocycles. The lowest BCUT2D eigenvalue weighted by Crippen LogP contribution is -2.05. The van der Waals surface area contributed by atoms with E-state index in [9.17, 15) is 4.79 Å². The first-order chi connectivity index (χ1) is 10.1. The number of halogens is 1. The number of aromatic nitrogens is 2. The molecule has 1 aromatic carbocycles. The zero-order valence-electron chi connectivity index (χ0n) is 11.9. The van der Waals surface area contributed by atoms with Crippen LogP contribution in [-0.4, -0.2) is 15.9 Å². The van der Waals surface area contributed by atoms with Crippen molar-refractivity contribution in [3.05, 3.63) is 41.3 Å². The number of hydrogen-bond donors (Lipinski definition) is 1. The van der Waals surface area contributed by atoms with Crippen LogP contribution in [0.25, 0.3) is 0 Å². The van der Waals surface area contributed by atoms with Gasteiger partial charge in [0.15, 0.2) is 0 Å². The molecule has 21 heavy (non-hydrogen) atoms. The van der Waals surface area contributed by atoms with Crippen LogP contribution in [0.5, 0.6) is 0 Å². The van der Waals surface area contributed by atoms with Crippen molar-refractivity contribution < 1.29 is 4.79 Å². The van der Waals surface area contributed by atoms with E-state index in [0.717, 1.165) is 34.0 Å². The molecule has 4 nitrogen and oxygen atoms in total. The van der Waals surface area contributed by atoms with Gasteiger partial charge >= 0.3 is 0 Å². The third-order valence-electron chi connectivity index (χ3n) is 2.74. The summed E-state index contributed by atoms with van der Waals surface area (Å²) in [4.78, 5) is 20.4. The first-order valence-corrected chi connectivity index (χ1v) is 7.84. The third kappa shape index (κ3) is 4.44. The minimum Gasteiger partial charge on any atom is -0.326 e. The highest BCUT2D eigenvalue weighted by Gasteiger charge is 2.10. The Hall–Kier alpha value is -1.59. The summed E-state index contributed by atoms with van der Waals surface area (Å²) in [7, 11) is 0. The summed E-state index contributed by atoms with van der Waals surface area (Å²) < 4.78 is 0. The van der Waals surface area contributed by atoms with Crippen molar-refractivity contribution in [2.75, 3.05) is 5.32 Å². The Morgan fingerprint density at radius 1 is 1.29 bits per heavy atom. The van der Waals surface area contributed by atoms with Gasteiger partial charge in [-0.3, -0.25) is 4.79 Å². The molecular weight excluding hydrogens is 306 g/mol. The van der Waals surface area contributed by atoms with E-state index in [1.54, 1.807) is 11.8 Å². The summed E-state index contributed by atoms with van der Waals surface area (Å²) >= 11 is 7.69. The van der Waals surface area contributed by atoms with Crippen molar-refractivity contribution in [2.24, 2.45) is 0 Å². The average molecular weight is 322 g/mol. The van der Waals surface area contributed by atoms with Crippen LogP contribution in [0.1, 0.15) is 25.8 Å². The van der Waals surface area contributed by atoms with E-state index in [4.69, 9.17) is 11.6 Å². The molecule has 0 atom stereocenters. The maximum Gasteiger partial charge on any atom is 0.221 e. The maximum absolute atomic E-state index is 11.0. The Morgan fingerprint density at radius 2 is 2.00 bits per heavy atom. The lowest BCUT2D eigenvalue weighted by molar-refractivity contribution is -0.114. The van der Waals surface area contributed by atoms with Gasteiger partial charge in [-0.25, -0.2) is 9.97 Å². The molecule has 2 rings (SSSR count). The van der Waals surface area contributed by atoms with Crippen LogP contribution >= 0.6 is 23.4 Å². The molecule has 0 radical (unpaired) electrons. The second-order valence-corrected chi connectivity index (χ2v) is 5.93. The van der Waals surface area contributed by atoms with Gasteiger partial charge in [0.05, 0.1) is 0 Å². The van der Waals surface area contributed by atoms with Gasteiger partial charge in [-0.2, -0.15) is 0 Å². The number of rotatable bonds is 5. The summed E-state index contributed by atoms with van der Waals surface area (Å²) in [6.45, 7) is 3.59. The Kier molecular flexibility index (Phi) is 5.59. The van der Waals surface area contributed by atoms with Gasteiger partial charge in [-0.1, -0.05) is 36.7 Å². The quantitative estimate of drug-likeness (QED) is 0.839. The number of carbonyl (C=O) groups is 1. The predicted octanol–water partition coefficient (Wildman–Crippen LogP) is 4.19. The zero-order valence-corrected chi connectivity index (χ0v) is 13.5. The summed E-state index contributed by atoms with van der Waals surface area (Å²) in [5.74, 6) is -0.0804. The van der Waals surface area contributed by atoms with Crippen molar-refractivity contribution in [1.82, 2.24) is 9.97 Å². The van der Waals surface area contributed by atoms with Crippen LogP contribution < -0.4 is 5.32 Å². The van der Waals surface area contributed by atoms with E-state index in [0.29, 0.717) is 5.15 Å². The molecule has 1 N–H and O–H groups in total. The topological polar surface area (TPSA) is 54.9 Å². The van der Waals surface area contributed by atoms with Crippen LogP contribution in [0, 0.1) is 0 Å². The van der Waals surface area contributed by atoms with Crippen molar-refractivity contribution in [3.8, 4) is 0 Å². The molecule has 6 heteroatoms. The monoisotopic (exact) mass is 321 g/mol. The SMILES string of the molecule is CCCc1c(Cl)ncnc1Sc1ccc(NC(C)=O)cc1. The summed E-state index contributed by atoms with van der Waals surface area (Å²) in [6.07, 6.45) is 3.32. The Morgan fingerprint density at radius 3 is 2.62 bits per heavy atom. The fraction of sp³-hybridized carbons (Fsp3) is 0.267. The van der Waals surface area contributed by atoms with Crippen LogP contribution in [0.2, 0.25) is 5.15 Å². The number of benzene rings is 1. The second-order valence-electron chi connectivity index (χ2n) is 4.51. The average Bonchev–Trinajstić information content (AvgIpc) is 2.44. The minimum absolute atomic E-state index is 0.0804. The largest absolute Gasteiger partial charge is 0.326 e. The molecule has 0 spiro atoms. The van der Waals surface area contributed by atoms with Gasteiger partial charge < -0.3 is 5.32 Å². The van der Waals surface area contributed by atoms with Crippen molar-refractivity contribution in [3.63, 3.8) is 0 Å². The highest BCUT2D eigenvalue weighted by Crippen LogP contribution is 2.32. The van der Waals surface area contributed by atoms with Gasteiger partial charge in [0.2, 0.25) is 5.91 Å². The molecule has 1 aromatic heterocycles. The van der Waals surface area contributed by atoms with Crippen LogP contribution in [0.15, 0.2) is 40.5 Å². The van der Waals surface area contributed by atoms with Crippen LogP contribution in [0.3, 0.4) is 0 Å². The smallest absolute Gasteiger partial charge is 0.221 e. The van der Waals surface area contributed by atoms with Crippen molar-refractivity contribution >= 4 is 35.0 Å². The first-order valence-electron chi connectivity index (χ1n) is 6.65. The number of hydrogen-bond acceptors (Lipinski definition) is 4. The minimum atomic E-state index is -0.0804. The Bertz CT molecular complexity index is 631. The first kappa shape index (κ1) is 15.8. The molecule has 0 saturated heterocycles. The molecular formula is C15H16ClN3OS. The lowest BCUT2D eigenvalue weighted by Gasteiger charge is -2.09. The number of nitrogens with zero attached hydrogens (tertiary/aromatic N) is 2. The molecule has 1 amide bonds. The van der Waals surface area contributed by atoms with E-state index in [1.807, 2.05) is 24.3 Å². The number of anilines is 1. The van der Waals surface area contributed by atoms with Gasteiger partial charge in [0, 0.05) is 23.1 Å². The van der Waals surface area contributed by atoms with Gasteiger partial charge in [-0.05, 0) is 30.7 Å². The molecule has 1 heterocycles. The van der Waals surface area contributed by atoms with E-state index >= 15 is 0 Å². The fourth-order valence-electron chi connectivity index (χ4n) is 1.85. The van der Waals surface area contributed by atoms with E-state index < -0.39 is 0 Å². The number of amides is 1. The number of nitrogens with one attached hydrogen (secondary N) is 1. The molecule has 2 aromatic rings. The second kappa shape index (κ2) is 7.43. The number of carbonyl (C=O) groups excluding carboxylic acids is 1. The summed E-state index contributed by atoms with van der Waals surface area (Å²) in [6, 6.07) is 7.63. The zero-order chi connectivity index (χ0) is 15.2. The normalized spacial score (nSPS) is 10.4. The highest BCUT2D eigenvalue weighted by molar-refractivity contribution is 7.99. The Labute approximate surface area is 133 Å². The molecule has 0 aliphatic heterocycles. The van der Waals surface area contributed by atoms with Gasteiger partial charge in [-0.15, -0.1) is 0 Å². The highest BCUT2D eigenvalue weighted by atomic mass is 35.5. The molecule has 0 bridgehead atoms. The van der Waals surface area contributed by atoms with E-state index in [1.165, 1.54) is 13.3 Å². The van der Waals surface area contributed by atoms with E-state index in [2.05, 4.69) is 22.2 Å². The lowest BCUT2D eigenvalue weighted by atomic mass is 10.2. The predicted molar refractivity (Wildman–Crippen MR) is 85.9 cm³/mol. The van der Waals surface area contributed by atoms with Gasteiger partial charge in [0.1, 0.15) is 16.5 Å².